The van der Waals surface area contributed by atoms with Crippen LogP contribution in [0, 0.1) is 0 Å². The number of anilines is 1. The number of nitrogens with one attached hydrogen (secondary N) is 1. The number of benzene rings is 1. The molecule has 0 saturated heterocycles. The Bertz CT molecular complexity index is 606. The van der Waals surface area contributed by atoms with Gasteiger partial charge in [0, 0.05) is 5.69 Å². The normalized spacial score (nSPS) is 14.9. The van der Waals surface area contributed by atoms with Crippen molar-refractivity contribution in [2.75, 3.05) is 18.5 Å². The Labute approximate surface area is 110 Å². The summed E-state index contributed by atoms with van der Waals surface area (Å²) >= 11 is 0. The van der Waals surface area contributed by atoms with E-state index in [9.17, 15) is 13.2 Å². The Hall–Kier alpha value is -2.06. The largest absolute Gasteiger partial charge is 0.494 e. The third-order valence-corrected chi connectivity index (χ3v) is 3.24. The van der Waals surface area contributed by atoms with E-state index in [-0.39, 0.29) is 10.7 Å². The fraction of sp³-hybridized carbons (Fsp3) is 0.182. The van der Waals surface area contributed by atoms with Crippen molar-refractivity contribution in [2.45, 2.75) is 4.90 Å². The van der Waals surface area contributed by atoms with E-state index in [2.05, 4.69) is 5.32 Å². The molecule has 0 saturated carbocycles. The molecule has 1 aliphatic rings. The van der Waals surface area contributed by atoms with Crippen LogP contribution in [0.2, 0.25) is 0 Å². The maximum atomic E-state index is 11.7. The van der Waals surface area contributed by atoms with Gasteiger partial charge in [-0.15, -0.1) is 0 Å². The minimum Gasteiger partial charge on any atom is -0.494 e. The molecule has 8 heteroatoms. The van der Waals surface area contributed by atoms with Crippen LogP contribution in [0.4, 0.5) is 5.69 Å². The molecule has 0 spiro atoms. The number of rotatable bonds is 3. The van der Waals surface area contributed by atoms with Gasteiger partial charge in [-0.2, -0.15) is 0 Å². The first kappa shape index (κ1) is 13.4. The lowest BCUT2D eigenvalue weighted by Gasteiger charge is -2.15. The minimum absolute atomic E-state index is 0.0260. The number of carbonyl (C=O) groups excluding carboxylic acids is 1. The van der Waals surface area contributed by atoms with E-state index in [1.807, 2.05) is 0 Å². The molecular formula is C11H12N2O5S. The number of hydrogen-bond donors (Lipinski definition) is 2. The van der Waals surface area contributed by atoms with Crippen LogP contribution in [0.25, 0.3) is 0 Å². The van der Waals surface area contributed by atoms with Gasteiger partial charge in [0.1, 0.15) is 19.5 Å². The van der Waals surface area contributed by atoms with Crippen molar-refractivity contribution in [1.29, 1.82) is 0 Å². The molecule has 19 heavy (non-hydrogen) atoms. The third-order valence-electron chi connectivity index (χ3n) is 2.31. The summed E-state index contributed by atoms with van der Waals surface area (Å²) in [6.07, 6.45) is 1.23. The number of primary sulfonamides is 1. The van der Waals surface area contributed by atoms with Gasteiger partial charge in [0.2, 0.25) is 15.8 Å². The molecule has 0 radical (unpaired) electrons. The van der Waals surface area contributed by atoms with Crippen LogP contribution in [0.15, 0.2) is 41.2 Å². The molecule has 1 aromatic carbocycles. The summed E-state index contributed by atoms with van der Waals surface area (Å²) < 4.78 is 32.2. The van der Waals surface area contributed by atoms with E-state index < -0.39 is 15.9 Å². The predicted molar refractivity (Wildman–Crippen MR) is 66.4 cm³/mol. The van der Waals surface area contributed by atoms with Crippen molar-refractivity contribution in [1.82, 2.24) is 0 Å². The zero-order valence-electron chi connectivity index (χ0n) is 9.83. The Balaban J connectivity index is 2.07. The summed E-state index contributed by atoms with van der Waals surface area (Å²) in [7, 11) is -3.74. The molecule has 1 aromatic rings. The smallest absolute Gasteiger partial charge is 0.294 e. The van der Waals surface area contributed by atoms with Crippen molar-refractivity contribution in [2.24, 2.45) is 5.14 Å². The lowest BCUT2D eigenvalue weighted by molar-refractivity contribution is -0.117. The maximum Gasteiger partial charge on any atom is 0.294 e. The summed E-state index contributed by atoms with van der Waals surface area (Å²) in [6.45, 7) is 0.712. The minimum atomic E-state index is -3.74. The second-order valence-corrected chi connectivity index (χ2v) is 5.29. The van der Waals surface area contributed by atoms with E-state index in [1.54, 1.807) is 0 Å². The van der Waals surface area contributed by atoms with Crippen molar-refractivity contribution in [3.8, 4) is 0 Å². The monoisotopic (exact) mass is 284 g/mol. The van der Waals surface area contributed by atoms with Gasteiger partial charge in [-0.1, -0.05) is 0 Å². The van der Waals surface area contributed by atoms with Crippen LogP contribution < -0.4 is 10.5 Å². The molecule has 2 rings (SSSR count). The van der Waals surface area contributed by atoms with E-state index in [1.165, 1.54) is 30.5 Å². The maximum absolute atomic E-state index is 11.7. The first-order valence-electron chi connectivity index (χ1n) is 5.35. The first-order valence-corrected chi connectivity index (χ1v) is 6.90. The van der Waals surface area contributed by atoms with Gasteiger partial charge < -0.3 is 14.8 Å². The van der Waals surface area contributed by atoms with Crippen LogP contribution in [-0.2, 0) is 24.3 Å². The highest BCUT2D eigenvalue weighted by atomic mass is 32.2. The molecule has 1 heterocycles. The Morgan fingerprint density at radius 1 is 1.21 bits per heavy atom. The lowest BCUT2D eigenvalue weighted by Crippen LogP contribution is -2.21. The van der Waals surface area contributed by atoms with E-state index in [0.717, 1.165) is 0 Å². The molecule has 102 valence electrons. The average molecular weight is 284 g/mol. The fourth-order valence-electron chi connectivity index (χ4n) is 1.41. The van der Waals surface area contributed by atoms with E-state index in [4.69, 9.17) is 14.6 Å². The molecule has 0 aromatic heterocycles. The molecule has 0 unspecified atom stereocenters. The standard InChI is InChI=1S/C11H12N2O5S/c12-19(15,16)9-3-1-8(2-4-9)13-11(14)10-7-17-5-6-18-10/h1-4,7H,5-6H2,(H,13,14)(H2,12,15,16). The zero-order chi connectivity index (χ0) is 13.9. The second-order valence-electron chi connectivity index (χ2n) is 3.72. The SMILES string of the molecule is NS(=O)(=O)c1ccc(NC(=O)C2=COCCO2)cc1. The van der Waals surface area contributed by atoms with E-state index in [0.29, 0.717) is 18.9 Å². The van der Waals surface area contributed by atoms with Crippen molar-refractivity contribution in [3.63, 3.8) is 0 Å². The number of ether oxygens (including phenoxy) is 2. The molecule has 0 aliphatic carbocycles. The van der Waals surface area contributed by atoms with Crippen molar-refractivity contribution >= 4 is 21.6 Å². The summed E-state index contributed by atoms with van der Waals surface area (Å²) in [5.41, 5.74) is 0.424. The van der Waals surface area contributed by atoms with Gasteiger partial charge in [-0.25, -0.2) is 13.6 Å². The molecule has 1 amide bonds. The summed E-state index contributed by atoms with van der Waals surface area (Å²) in [5.74, 6) is -0.398. The van der Waals surface area contributed by atoms with Crippen LogP contribution >= 0.6 is 0 Å². The highest BCUT2D eigenvalue weighted by Gasteiger charge is 2.15. The van der Waals surface area contributed by atoms with Crippen LogP contribution in [0.3, 0.4) is 0 Å². The van der Waals surface area contributed by atoms with Gasteiger partial charge in [0.25, 0.3) is 5.91 Å². The number of carbonyl (C=O) groups is 1. The molecule has 1 aliphatic heterocycles. The number of sulfonamides is 1. The summed E-state index contributed by atoms with van der Waals surface area (Å²) in [5, 5.41) is 7.51. The molecule has 0 bridgehead atoms. The van der Waals surface area contributed by atoms with Crippen LogP contribution in [-0.4, -0.2) is 27.5 Å². The summed E-state index contributed by atoms with van der Waals surface area (Å²) in [4.78, 5) is 11.7. The van der Waals surface area contributed by atoms with Gasteiger partial charge in [0.05, 0.1) is 4.90 Å². The molecular weight excluding hydrogens is 272 g/mol. The topological polar surface area (TPSA) is 108 Å². The molecule has 0 atom stereocenters. The highest BCUT2D eigenvalue weighted by molar-refractivity contribution is 7.89. The van der Waals surface area contributed by atoms with Gasteiger partial charge >= 0.3 is 0 Å². The zero-order valence-corrected chi connectivity index (χ0v) is 10.6. The van der Waals surface area contributed by atoms with E-state index >= 15 is 0 Å². The van der Waals surface area contributed by atoms with Crippen molar-refractivity contribution < 1.29 is 22.7 Å². The Morgan fingerprint density at radius 3 is 2.42 bits per heavy atom. The fourth-order valence-corrected chi connectivity index (χ4v) is 1.92. The van der Waals surface area contributed by atoms with Crippen LogP contribution in [0.1, 0.15) is 0 Å². The molecule has 0 fully saturated rings. The molecule has 3 N–H and O–H groups in total. The lowest BCUT2D eigenvalue weighted by atomic mass is 10.3. The van der Waals surface area contributed by atoms with Gasteiger partial charge in [-0.3, -0.25) is 4.79 Å². The first-order chi connectivity index (χ1) is 8.97. The number of hydrogen-bond acceptors (Lipinski definition) is 5. The molecule has 7 nitrogen and oxygen atoms in total. The quantitative estimate of drug-likeness (QED) is 0.822. The number of nitrogens with two attached hydrogens (primary N) is 1. The Kier molecular flexibility index (Phi) is 3.72. The van der Waals surface area contributed by atoms with Crippen molar-refractivity contribution in [3.05, 3.63) is 36.3 Å². The summed E-state index contributed by atoms with van der Waals surface area (Å²) in [6, 6.07) is 5.47. The predicted octanol–water partition coefficient (Wildman–Crippen LogP) is 0.161. The van der Waals surface area contributed by atoms with Gasteiger partial charge in [0.15, 0.2) is 0 Å². The second kappa shape index (κ2) is 5.29. The number of amides is 1. The van der Waals surface area contributed by atoms with Crippen LogP contribution in [0.5, 0.6) is 0 Å². The third kappa shape index (κ3) is 3.46. The van der Waals surface area contributed by atoms with Gasteiger partial charge in [-0.05, 0) is 24.3 Å². The highest BCUT2D eigenvalue weighted by Crippen LogP contribution is 2.14. The average Bonchev–Trinajstić information content (AvgIpc) is 2.39. The Morgan fingerprint density at radius 2 is 1.89 bits per heavy atom.